The standard InChI is InChI=1S/C13H11ClIN3O3/c14-7-1-2-10(15)9(3-7)12(19)18-11(13(20)21)4-8-5-16-6-17-8/h1-3,5-6,11H,4H2,(H,16,17)(H,18,19)(H,20,21)/t11-/m0/s1. The molecule has 0 saturated heterocycles. The molecular formula is C13H11ClIN3O3. The molecule has 6 nitrogen and oxygen atoms in total. The van der Waals surface area contributed by atoms with Gasteiger partial charge < -0.3 is 15.4 Å². The van der Waals surface area contributed by atoms with Gasteiger partial charge in [-0.1, -0.05) is 11.6 Å². The molecule has 8 heteroatoms. The number of benzene rings is 1. The number of imidazole rings is 1. The van der Waals surface area contributed by atoms with Gasteiger partial charge in [-0.15, -0.1) is 0 Å². The summed E-state index contributed by atoms with van der Waals surface area (Å²) < 4.78 is 0.695. The van der Waals surface area contributed by atoms with E-state index in [2.05, 4.69) is 15.3 Å². The Morgan fingerprint density at radius 2 is 2.24 bits per heavy atom. The summed E-state index contributed by atoms with van der Waals surface area (Å²) in [6.07, 6.45) is 3.10. The van der Waals surface area contributed by atoms with E-state index < -0.39 is 17.9 Å². The molecule has 1 amide bonds. The summed E-state index contributed by atoms with van der Waals surface area (Å²) in [5.74, 6) is -1.59. The fraction of sp³-hybridized carbons (Fsp3) is 0.154. The van der Waals surface area contributed by atoms with Crippen LogP contribution in [0.2, 0.25) is 5.02 Å². The zero-order valence-electron chi connectivity index (χ0n) is 10.6. The van der Waals surface area contributed by atoms with Crippen LogP contribution in [0.4, 0.5) is 0 Å². The third kappa shape index (κ3) is 4.18. The van der Waals surface area contributed by atoms with E-state index in [9.17, 15) is 14.7 Å². The van der Waals surface area contributed by atoms with Crippen molar-refractivity contribution in [3.05, 3.63) is 50.6 Å². The number of hydrogen-bond acceptors (Lipinski definition) is 3. The predicted octanol–water partition coefficient (Wildman–Crippen LogP) is 2.09. The summed E-state index contributed by atoms with van der Waals surface area (Å²) in [6, 6.07) is 3.82. The van der Waals surface area contributed by atoms with Gasteiger partial charge in [0.25, 0.3) is 5.91 Å². The lowest BCUT2D eigenvalue weighted by Gasteiger charge is -2.14. The Labute approximate surface area is 139 Å². The minimum Gasteiger partial charge on any atom is -0.480 e. The first-order valence-corrected chi connectivity index (χ1v) is 7.39. The monoisotopic (exact) mass is 419 g/mol. The molecule has 2 aromatic rings. The molecule has 1 aromatic carbocycles. The van der Waals surface area contributed by atoms with Gasteiger partial charge in [-0.25, -0.2) is 9.78 Å². The van der Waals surface area contributed by atoms with E-state index in [0.29, 0.717) is 19.9 Å². The van der Waals surface area contributed by atoms with Crippen molar-refractivity contribution >= 4 is 46.1 Å². The molecule has 1 atom stereocenters. The highest BCUT2D eigenvalue weighted by Crippen LogP contribution is 2.18. The van der Waals surface area contributed by atoms with Crippen LogP contribution in [0.25, 0.3) is 0 Å². The average molecular weight is 420 g/mol. The van der Waals surface area contributed by atoms with Crippen LogP contribution in [0.1, 0.15) is 16.1 Å². The zero-order chi connectivity index (χ0) is 15.4. The summed E-state index contributed by atoms with van der Waals surface area (Å²) in [4.78, 5) is 30.1. The Balaban J connectivity index is 2.14. The van der Waals surface area contributed by atoms with Crippen LogP contribution in [0.15, 0.2) is 30.7 Å². The van der Waals surface area contributed by atoms with Crippen LogP contribution >= 0.6 is 34.2 Å². The van der Waals surface area contributed by atoms with Crippen molar-refractivity contribution < 1.29 is 14.7 Å². The van der Waals surface area contributed by atoms with Gasteiger partial charge >= 0.3 is 5.97 Å². The molecule has 0 aliphatic carbocycles. The Hall–Kier alpha value is -1.61. The lowest BCUT2D eigenvalue weighted by atomic mass is 10.1. The van der Waals surface area contributed by atoms with E-state index in [1.54, 1.807) is 12.1 Å². The Bertz CT molecular complexity index is 661. The Morgan fingerprint density at radius 3 is 2.86 bits per heavy atom. The molecule has 0 radical (unpaired) electrons. The summed E-state index contributed by atoms with van der Waals surface area (Å²) in [6.45, 7) is 0. The molecule has 0 spiro atoms. The smallest absolute Gasteiger partial charge is 0.326 e. The predicted molar refractivity (Wildman–Crippen MR) is 85.4 cm³/mol. The SMILES string of the molecule is O=C(N[C@@H](Cc1cnc[nH]1)C(=O)O)c1cc(Cl)ccc1I. The topological polar surface area (TPSA) is 95.1 Å². The van der Waals surface area contributed by atoms with Gasteiger partial charge in [0.15, 0.2) is 0 Å². The second-order valence-electron chi connectivity index (χ2n) is 4.27. The molecule has 0 bridgehead atoms. The fourth-order valence-electron chi connectivity index (χ4n) is 1.72. The second kappa shape index (κ2) is 6.90. The number of aromatic amines is 1. The molecule has 21 heavy (non-hydrogen) atoms. The van der Waals surface area contributed by atoms with Gasteiger partial charge in [-0.3, -0.25) is 4.79 Å². The number of carboxylic acids is 1. The average Bonchev–Trinajstić information content (AvgIpc) is 2.93. The molecule has 1 heterocycles. The highest BCUT2D eigenvalue weighted by atomic mass is 127. The van der Waals surface area contributed by atoms with Crippen LogP contribution < -0.4 is 5.32 Å². The molecule has 0 fully saturated rings. The van der Waals surface area contributed by atoms with Crippen molar-refractivity contribution in [2.24, 2.45) is 0 Å². The Kier molecular flexibility index (Phi) is 5.18. The minimum atomic E-state index is -1.12. The van der Waals surface area contributed by atoms with E-state index in [1.165, 1.54) is 18.6 Å². The molecule has 0 saturated carbocycles. The van der Waals surface area contributed by atoms with Gasteiger partial charge in [0, 0.05) is 26.9 Å². The number of nitrogens with zero attached hydrogens (tertiary/aromatic N) is 1. The number of carbonyl (C=O) groups is 2. The first-order chi connectivity index (χ1) is 9.97. The van der Waals surface area contributed by atoms with Gasteiger partial charge in [0.2, 0.25) is 0 Å². The van der Waals surface area contributed by atoms with Crippen molar-refractivity contribution in [2.45, 2.75) is 12.5 Å². The van der Waals surface area contributed by atoms with Gasteiger partial charge in [0.1, 0.15) is 6.04 Å². The molecule has 1 aromatic heterocycles. The number of hydrogen-bond donors (Lipinski definition) is 3. The molecule has 0 aliphatic heterocycles. The van der Waals surface area contributed by atoms with E-state index >= 15 is 0 Å². The van der Waals surface area contributed by atoms with Gasteiger partial charge in [0.05, 0.1) is 11.9 Å². The number of rotatable bonds is 5. The maximum absolute atomic E-state index is 12.2. The summed E-state index contributed by atoms with van der Waals surface area (Å²) in [5, 5.41) is 12.1. The number of amides is 1. The first-order valence-electron chi connectivity index (χ1n) is 5.93. The molecule has 0 unspecified atom stereocenters. The lowest BCUT2D eigenvalue weighted by molar-refractivity contribution is -0.139. The van der Waals surface area contributed by atoms with Crippen LogP contribution in [0.3, 0.4) is 0 Å². The van der Waals surface area contributed by atoms with Crippen LogP contribution in [0.5, 0.6) is 0 Å². The van der Waals surface area contributed by atoms with Crippen LogP contribution in [0, 0.1) is 3.57 Å². The molecule has 110 valence electrons. The van der Waals surface area contributed by atoms with E-state index in [0.717, 1.165) is 0 Å². The molecule has 0 aliphatic rings. The lowest BCUT2D eigenvalue weighted by Crippen LogP contribution is -2.42. The van der Waals surface area contributed by atoms with Crippen molar-refractivity contribution in [1.29, 1.82) is 0 Å². The van der Waals surface area contributed by atoms with Crippen LogP contribution in [-0.4, -0.2) is 33.0 Å². The number of halogens is 2. The van der Waals surface area contributed by atoms with E-state index in [-0.39, 0.29) is 6.42 Å². The summed E-state index contributed by atoms with van der Waals surface area (Å²) >= 11 is 7.86. The van der Waals surface area contributed by atoms with Crippen LogP contribution in [-0.2, 0) is 11.2 Å². The van der Waals surface area contributed by atoms with Crippen molar-refractivity contribution in [2.75, 3.05) is 0 Å². The highest BCUT2D eigenvalue weighted by Gasteiger charge is 2.22. The molecular weight excluding hydrogens is 409 g/mol. The summed E-state index contributed by atoms with van der Waals surface area (Å²) in [5.41, 5.74) is 0.974. The third-order valence-electron chi connectivity index (χ3n) is 2.76. The molecule has 2 rings (SSSR count). The number of aliphatic carboxylic acids is 1. The van der Waals surface area contributed by atoms with E-state index in [4.69, 9.17) is 11.6 Å². The largest absolute Gasteiger partial charge is 0.480 e. The molecule has 3 N–H and O–H groups in total. The number of carboxylic acid groups (broad SMARTS) is 1. The zero-order valence-corrected chi connectivity index (χ0v) is 13.6. The maximum Gasteiger partial charge on any atom is 0.326 e. The van der Waals surface area contributed by atoms with Crippen molar-refractivity contribution in [3.8, 4) is 0 Å². The number of aromatic nitrogens is 2. The minimum absolute atomic E-state index is 0.123. The van der Waals surface area contributed by atoms with Crippen molar-refractivity contribution in [1.82, 2.24) is 15.3 Å². The third-order valence-corrected chi connectivity index (χ3v) is 3.93. The Morgan fingerprint density at radius 1 is 1.48 bits per heavy atom. The first kappa shape index (κ1) is 15.8. The highest BCUT2D eigenvalue weighted by molar-refractivity contribution is 14.1. The number of nitrogens with one attached hydrogen (secondary N) is 2. The second-order valence-corrected chi connectivity index (χ2v) is 5.87. The normalized spacial score (nSPS) is 11.9. The van der Waals surface area contributed by atoms with Gasteiger partial charge in [-0.2, -0.15) is 0 Å². The number of carbonyl (C=O) groups excluding carboxylic acids is 1. The fourth-order valence-corrected chi connectivity index (χ4v) is 2.48. The quantitative estimate of drug-likeness (QED) is 0.647. The van der Waals surface area contributed by atoms with Gasteiger partial charge in [-0.05, 0) is 40.8 Å². The van der Waals surface area contributed by atoms with E-state index in [1.807, 2.05) is 22.6 Å². The number of H-pyrrole nitrogens is 1. The van der Waals surface area contributed by atoms with Crippen molar-refractivity contribution in [3.63, 3.8) is 0 Å². The summed E-state index contributed by atoms with van der Waals surface area (Å²) in [7, 11) is 0. The maximum atomic E-state index is 12.2.